The van der Waals surface area contributed by atoms with Gasteiger partial charge in [0.25, 0.3) is 0 Å². The van der Waals surface area contributed by atoms with Crippen LogP contribution >= 0.6 is 11.9 Å². The van der Waals surface area contributed by atoms with Gasteiger partial charge in [-0.25, -0.2) is 0 Å². The molecule has 0 spiro atoms. The van der Waals surface area contributed by atoms with Crippen molar-refractivity contribution in [2.75, 3.05) is 7.05 Å². The van der Waals surface area contributed by atoms with Gasteiger partial charge >= 0.3 is 6.36 Å². The normalized spacial score (nSPS) is 13.0. The molecule has 1 amide bonds. The number of allylic oxidation sites excluding steroid dienone is 1. The van der Waals surface area contributed by atoms with Gasteiger partial charge < -0.3 is 21.2 Å². The second-order valence-electron chi connectivity index (χ2n) is 4.54. The summed E-state index contributed by atoms with van der Waals surface area (Å²) in [6, 6.07) is 5.15. The second-order valence-corrected chi connectivity index (χ2v) is 5.30. The maximum atomic E-state index is 12.2. The minimum Gasteiger partial charge on any atom is -0.406 e. The van der Waals surface area contributed by atoms with Gasteiger partial charge in [0, 0.05) is 7.05 Å². The fourth-order valence-electron chi connectivity index (χ4n) is 1.62. The summed E-state index contributed by atoms with van der Waals surface area (Å²) in [6.45, 7) is 1.63. The first-order chi connectivity index (χ1) is 12.2. The first-order valence-corrected chi connectivity index (χ1v) is 7.89. The summed E-state index contributed by atoms with van der Waals surface area (Å²) < 4.78 is 44.2. The number of nitrogens with one attached hydrogen (secondary N) is 2. The third kappa shape index (κ3) is 8.92. The monoisotopic (exact) mass is 390 g/mol. The number of carbonyl (C=O) groups is 1. The summed E-state index contributed by atoms with van der Waals surface area (Å²) in [5, 5.41) is 10.0. The Balaban J connectivity index is 2.63. The molecule has 0 aliphatic heterocycles. The predicted octanol–water partition coefficient (Wildman–Crippen LogP) is 2.65. The number of amidine groups is 1. The predicted molar refractivity (Wildman–Crippen MR) is 91.9 cm³/mol. The molecule has 0 saturated heterocycles. The molecule has 26 heavy (non-hydrogen) atoms. The molecule has 1 rings (SSSR count). The Kier molecular flexibility index (Phi) is 8.42. The van der Waals surface area contributed by atoms with Crippen molar-refractivity contribution in [2.24, 2.45) is 20.5 Å². The van der Waals surface area contributed by atoms with Gasteiger partial charge in [-0.15, -0.1) is 22.8 Å². The molecular weight excluding hydrogens is 373 g/mol. The van der Waals surface area contributed by atoms with Crippen molar-refractivity contribution in [1.29, 1.82) is 0 Å². The number of benzene rings is 1. The molecule has 4 N–H and O–H groups in total. The molecule has 142 valence electrons. The minimum absolute atomic E-state index is 0.125. The average molecular weight is 390 g/mol. The number of amides is 1. The van der Waals surface area contributed by atoms with E-state index in [1.54, 1.807) is 14.0 Å². The molecule has 0 radical (unpaired) electrons. The molecule has 0 aromatic heterocycles. The van der Waals surface area contributed by atoms with Crippen molar-refractivity contribution in [3.63, 3.8) is 0 Å². The molecule has 0 aliphatic rings. The van der Waals surface area contributed by atoms with Crippen LogP contribution in [0.5, 0.6) is 5.75 Å². The summed E-state index contributed by atoms with van der Waals surface area (Å²) in [6.07, 6.45) is -3.47. The van der Waals surface area contributed by atoms with Crippen LogP contribution in [0, 0.1) is 0 Å². The van der Waals surface area contributed by atoms with Crippen LogP contribution in [0.1, 0.15) is 12.5 Å². The number of ether oxygens (including phenoxy) is 1. The van der Waals surface area contributed by atoms with E-state index < -0.39 is 18.0 Å². The number of halogens is 3. The van der Waals surface area contributed by atoms with Crippen molar-refractivity contribution in [1.82, 2.24) is 10.7 Å². The molecule has 0 saturated carbocycles. The van der Waals surface area contributed by atoms with E-state index in [1.807, 2.05) is 0 Å². The standard InChI is InChI=1S/C14H17F3N6O2S/c1-3-11(21-23-26-13(18)22-19-2)20-12(24)8-9-5-4-6-10(7-9)25-14(15,16)17/h3-7,19H,8H2,1-2H3,(H2,18,22)(H,20,24)/b11-3-,23-21-. The zero-order valence-electron chi connectivity index (χ0n) is 13.9. The second kappa shape index (κ2) is 10.3. The van der Waals surface area contributed by atoms with Crippen LogP contribution in [-0.4, -0.2) is 24.5 Å². The van der Waals surface area contributed by atoms with Gasteiger partial charge in [-0.3, -0.25) is 4.79 Å². The highest BCUT2D eigenvalue weighted by molar-refractivity contribution is 8.12. The molecule has 1 aromatic rings. The Bertz CT molecular complexity index is 706. The van der Waals surface area contributed by atoms with Crippen LogP contribution in [-0.2, 0) is 11.2 Å². The van der Waals surface area contributed by atoms with E-state index in [0.717, 1.165) is 24.1 Å². The Hall–Kier alpha value is -2.76. The topological polar surface area (TPSA) is 113 Å². The smallest absolute Gasteiger partial charge is 0.406 e. The minimum atomic E-state index is -4.80. The van der Waals surface area contributed by atoms with Crippen molar-refractivity contribution in [3.05, 3.63) is 41.7 Å². The van der Waals surface area contributed by atoms with Crippen molar-refractivity contribution >= 4 is 23.0 Å². The van der Waals surface area contributed by atoms with Crippen molar-refractivity contribution in [3.8, 4) is 5.75 Å². The first-order valence-electron chi connectivity index (χ1n) is 7.12. The van der Waals surface area contributed by atoms with Gasteiger partial charge in [0.05, 0.1) is 18.4 Å². The largest absolute Gasteiger partial charge is 0.573 e. The summed E-state index contributed by atoms with van der Waals surface area (Å²) >= 11 is 0.791. The number of hydrogen-bond acceptors (Lipinski definition) is 7. The summed E-state index contributed by atoms with van der Waals surface area (Å²) in [7, 11) is 1.57. The van der Waals surface area contributed by atoms with Crippen LogP contribution in [0.2, 0.25) is 0 Å². The van der Waals surface area contributed by atoms with Crippen LogP contribution in [0.3, 0.4) is 0 Å². The van der Waals surface area contributed by atoms with Gasteiger partial charge in [0.15, 0.2) is 5.82 Å². The van der Waals surface area contributed by atoms with Gasteiger partial charge in [0.1, 0.15) is 5.75 Å². The number of rotatable bonds is 7. The Morgan fingerprint density at radius 3 is 2.77 bits per heavy atom. The van der Waals surface area contributed by atoms with Crippen LogP contribution in [0.4, 0.5) is 13.2 Å². The average Bonchev–Trinajstić information content (AvgIpc) is 2.52. The van der Waals surface area contributed by atoms with E-state index in [4.69, 9.17) is 5.73 Å². The Morgan fingerprint density at radius 1 is 1.42 bits per heavy atom. The Labute approximate surface area is 151 Å². The SMILES string of the molecule is C/C=C(\N=N/S/C(N)=N\NC)NC(=O)Cc1cccc(OC(F)(F)F)c1. The third-order valence-corrected chi connectivity index (χ3v) is 2.98. The van der Waals surface area contributed by atoms with E-state index in [2.05, 4.69) is 30.2 Å². The summed E-state index contributed by atoms with van der Waals surface area (Å²) in [5.41, 5.74) is 8.29. The fourth-order valence-corrected chi connectivity index (χ4v) is 1.96. The van der Waals surface area contributed by atoms with Gasteiger partial charge in [-0.2, -0.15) is 5.10 Å². The molecule has 8 nitrogen and oxygen atoms in total. The lowest BCUT2D eigenvalue weighted by Gasteiger charge is -2.10. The molecule has 12 heteroatoms. The molecule has 0 atom stereocenters. The number of hydrogen-bond donors (Lipinski definition) is 3. The summed E-state index contributed by atoms with van der Waals surface area (Å²) in [4.78, 5) is 12.0. The summed E-state index contributed by atoms with van der Waals surface area (Å²) in [5.74, 6) is -0.727. The van der Waals surface area contributed by atoms with E-state index >= 15 is 0 Å². The number of nitrogens with two attached hydrogens (primary N) is 1. The highest BCUT2D eigenvalue weighted by Crippen LogP contribution is 2.23. The maximum Gasteiger partial charge on any atom is 0.573 e. The fraction of sp³-hybridized carbons (Fsp3) is 0.286. The quantitative estimate of drug-likeness (QED) is 0.218. The lowest BCUT2D eigenvalue weighted by atomic mass is 10.1. The van der Waals surface area contributed by atoms with Crippen molar-refractivity contribution in [2.45, 2.75) is 19.7 Å². The molecule has 0 fully saturated rings. The van der Waals surface area contributed by atoms with E-state index in [9.17, 15) is 18.0 Å². The molecule has 0 aliphatic carbocycles. The lowest BCUT2D eigenvalue weighted by Crippen LogP contribution is -2.23. The van der Waals surface area contributed by atoms with Crippen LogP contribution in [0.15, 0.2) is 50.9 Å². The van der Waals surface area contributed by atoms with Gasteiger partial charge in [-0.05, 0) is 30.7 Å². The van der Waals surface area contributed by atoms with Crippen molar-refractivity contribution < 1.29 is 22.7 Å². The number of hydrazone groups is 1. The lowest BCUT2D eigenvalue weighted by molar-refractivity contribution is -0.274. The van der Waals surface area contributed by atoms with Gasteiger partial charge in [-0.1, -0.05) is 12.1 Å². The highest BCUT2D eigenvalue weighted by atomic mass is 32.2. The molecule has 0 bridgehead atoms. The highest BCUT2D eigenvalue weighted by Gasteiger charge is 2.31. The Morgan fingerprint density at radius 2 is 2.15 bits per heavy atom. The molecule has 0 heterocycles. The van der Waals surface area contributed by atoms with E-state index in [0.29, 0.717) is 5.56 Å². The third-order valence-electron chi connectivity index (χ3n) is 2.54. The van der Waals surface area contributed by atoms with Gasteiger partial charge in [0.2, 0.25) is 11.1 Å². The number of carbonyl (C=O) groups excluding carboxylic acids is 1. The maximum absolute atomic E-state index is 12.2. The first kappa shape index (κ1) is 21.3. The number of alkyl halides is 3. The molecule has 0 unspecified atom stereocenters. The van der Waals surface area contributed by atoms with E-state index in [1.165, 1.54) is 18.2 Å². The number of nitrogens with zero attached hydrogens (tertiary/aromatic N) is 3. The van der Waals surface area contributed by atoms with Crippen LogP contribution in [0.25, 0.3) is 0 Å². The zero-order valence-corrected chi connectivity index (χ0v) is 14.7. The zero-order chi connectivity index (χ0) is 19.6. The molecular formula is C14H17F3N6O2S. The molecule has 1 aromatic carbocycles. The van der Waals surface area contributed by atoms with Crippen LogP contribution < -0.4 is 21.2 Å². The van der Waals surface area contributed by atoms with E-state index in [-0.39, 0.29) is 17.4 Å².